The van der Waals surface area contributed by atoms with Crippen LogP contribution < -0.4 is 0 Å². The highest BCUT2D eigenvalue weighted by Crippen LogP contribution is 2.25. The van der Waals surface area contributed by atoms with E-state index in [2.05, 4.69) is 46.6 Å². The zero-order valence-electron chi connectivity index (χ0n) is 39.1. The molecule has 0 heterocycles. The molecule has 0 aromatic heterocycles. The lowest BCUT2D eigenvalue weighted by atomic mass is 9.90. The minimum atomic E-state index is -0.250. The Balaban J connectivity index is 0. The van der Waals surface area contributed by atoms with Crippen molar-refractivity contribution in [3.8, 4) is 0 Å². The molecule has 57 heavy (non-hydrogen) atoms. The molecule has 0 spiro atoms. The summed E-state index contributed by atoms with van der Waals surface area (Å²) in [6.07, 6.45) is 42.7. The van der Waals surface area contributed by atoms with Gasteiger partial charge in [0, 0.05) is 12.8 Å². The van der Waals surface area contributed by atoms with E-state index in [-0.39, 0.29) is 24.5 Å². The number of ether oxygens (including phenoxy) is 2. The summed E-state index contributed by atoms with van der Waals surface area (Å²) in [5.74, 6) is 1.48. The van der Waals surface area contributed by atoms with E-state index in [0.717, 1.165) is 57.5 Å². The van der Waals surface area contributed by atoms with Crippen LogP contribution in [0.3, 0.4) is 0 Å². The van der Waals surface area contributed by atoms with Crippen LogP contribution in [0, 0.1) is 11.8 Å². The van der Waals surface area contributed by atoms with E-state index < -0.39 is 0 Å². The van der Waals surface area contributed by atoms with Gasteiger partial charge in [-0.1, -0.05) is 195 Å². The molecule has 0 aliphatic rings. The van der Waals surface area contributed by atoms with Crippen molar-refractivity contribution < 1.29 is 29.0 Å². The smallest absolute Gasteiger partial charge is 0.306 e. The van der Waals surface area contributed by atoms with E-state index in [9.17, 15) is 9.59 Å². The van der Waals surface area contributed by atoms with Gasteiger partial charge in [-0.3, -0.25) is 14.4 Å². The van der Waals surface area contributed by atoms with E-state index in [0.29, 0.717) is 25.4 Å². The maximum atomic E-state index is 12.7. The molecule has 0 aliphatic heterocycles. The second kappa shape index (κ2) is 47.1. The maximum Gasteiger partial charge on any atom is 0.306 e. The first-order valence-electron chi connectivity index (χ1n) is 24.9. The predicted octanol–water partition coefficient (Wildman–Crippen LogP) is 15.1. The van der Waals surface area contributed by atoms with Gasteiger partial charge in [0.15, 0.2) is 0 Å². The lowest BCUT2D eigenvalue weighted by Crippen LogP contribution is -2.22. The van der Waals surface area contributed by atoms with Crippen molar-refractivity contribution in [2.24, 2.45) is 11.8 Å². The molecule has 7 nitrogen and oxygen atoms in total. The van der Waals surface area contributed by atoms with Crippen LogP contribution in [0.1, 0.15) is 259 Å². The highest BCUT2D eigenvalue weighted by molar-refractivity contribution is 5.69. The van der Waals surface area contributed by atoms with Crippen molar-refractivity contribution in [3.05, 3.63) is 0 Å². The number of esters is 2. The third kappa shape index (κ3) is 43.8. The molecule has 1 N–H and O–H groups in total. The number of hydrogen-bond acceptors (Lipinski definition) is 6. The third-order valence-corrected chi connectivity index (χ3v) is 11.9. The number of carboxylic acid groups (broad SMARTS) is 1. The van der Waals surface area contributed by atoms with Gasteiger partial charge in [-0.15, -0.1) is 0 Å². The number of unbranched alkanes of at least 4 members (excludes halogenated alkanes) is 19. The SMILES string of the molecule is CCCCCC(CCCCC)CCCCCCCCCC(CCCCCCCCOC(=O)CC(CCCCC)CCCCC)OC(=O)CCCN(C)CC.O=CO. The largest absolute Gasteiger partial charge is 0.483 e. The Morgan fingerprint density at radius 3 is 1.30 bits per heavy atom. The Kier molecular flexibility index (Phi) is 47.4. The first-order valence-corrected chi connectivity index (χ1v) is 24.9. The van der Waals surface area contributed by atoms with Gasteiger partial charge in [0.25, 0.3) is 6.47 Å². The standard InChI is InChI=1S/C49H97NO4.CH2O2/c1-7-12-25-34-45(35-26-13-8-2)36-29-21-17-16-18-22-30-39-47(54-48(51)41-33-42-50(6)11-5)40-31-23-19-20-24-32-43-53-49(52)44-46(37-27-14-9-3)38-28-15-10-4;2-1-3/h45-47H,7-44H2,1-6H3;1H,(H,2,3). The maximum absolute atomic E-state index is 12.7. The Hall–Kier alpha value is -1.63. The van der Waals surface area contributed by atoms with Crippen molar-refractivity contribution in [3.63, 3.8) is 0 Å². The fourth-order valence-corrected chi connectivity index (χ4v) is 8.02. The number of nitrogens with zero attached hydrogens (tertiary/aromatic N) is 1. The number of rotatable bonds is 43. The minimum absolute atomic E-state index is 0.00465. The van der Waals surface area contributed by atoms with Crippen LogP contribution in [0.15, 0.2) is 0 Å². The summed E-state index contributed by atoms with van der Waals surface area (Å²) in [5, 5.41) is 6.89. The molecule has 1 atom stereocenters. The Morgan fingerprint density at radius 1 is 0.509 bits per heavy atom. The summed E-state index contributed by atoms with van der Waals surface area (Å²) >= 11 is 0. The molecule has 1 unspecified atom stereocenters. The second-order valence-electron chi connectivity index (χ2n) is 17.3. The van der Waals surface area contributed by atoms with E-state index in [1.165, 1.54) is 173 Å². The lowest BCUT2D eigenvalue weighted by molar-refractivity contribution is -0.150. The zero-order valence-corrected chi connectivity index (χ0v) is 39.1. The average Bonchev–Trinajstić information content (AvgIpc) is 3.19. The normalized spacial score (nSPS) is 11.9. The average molecular weight is 810 g/mol. The highest BCUT2D eigenvalue weighted by Gasteiger charge is 2.16. The van der Waals surface area contributed by atoms with Crippen LogP contribution in [-0.4, -0.2) is 61.3 Å². The molecule has 0 saturated heterocycles. The second-order valence-corrected chi connectivity index (χ2v) is 17.3. The van der Waals surface area contributed by atoms with Gasteiger partial charge in [-0.25, -0.2) is 0 Å². The topological polar surface area (TPSA) is 93.1 Å². The first kappa shape index (κ1) is 57.5. The molecule has 0 aromatic rings. The Bertz CT molecular complexity index is 818. The molecule has 0 rings (SSSR count). The number of hydrogen-bond donors (Lipinski definition) is 1. The van der Waals surface area contributed by atoms with E-state index >= 15 is 0 Å². The lowest BCUT2D eigenvalue weighted by Gasteiger charge is -2.19. The monoisotopic (exact) mass is 810 g/mol. The molecule has 0 bridgehead atoms. The molecular formula is C50H99NO6. The van der Waals surface area contributed by atoms with Crippen LogP contribution in [-0.2, 0) is 23.9 Å². The number of carbonyl (C=O) groups is 3. The van der Waals surface area contributed by atoms with Crippen molar-refractivity contribution in [1.82, 2.24) is 4.90 Å². The van der Waals surface area contributed by atoms with Crippen LogP contribution >= 0.6 is 0 Å². The molecule has 7 heteroatoms. The molecule has 0 fully saturated rings. The highest BCUT2D eigenvalue weighted by atomic mass is 16.5. The minimum Gasteiger partial charge on any atom is -0.483 e. The van der Waals surface area contributed by atoms with Crippen molar-refractivity contribution in [2.75, 3.05) is 26.7 Å². The molecule has 0 radical (unpaired) electrons. The zero-order chi connectivity index (χ0) is 42.5. The van der Waals surface area contributed by atoms with Gasteiger partial charge < -0.3 is 19.5 Å². The number of carbonyl (C=O) groups excluding carboxylic acids is 2. The van der Waals surface area contributed by atoms with Crippen LogP contribution in [0.4, 0.5) is 0 Å². The summed E-state index contributed by atoms with van der Waals surface area (Å²) in [6, 6.07) is 0. The van der Waals surface area contributed by atoms with Gasteiger partial charge in [-0.05, 0) is 83.3 Å². The predicted molar refractivity (Wildman–Crippen MR) is 244 cm³/mol. The van der Waals surface area contributed by atoms with E-state index in [1.54, 1.807) is 0 Å². The molecule has 0 amide bonds. The molecule has 340 valence electrons. The third-order valence-electron chi connectivity index (χ3n) is 11.9. The van der Waals surface area contributed by atoms with Gasteiger partial charge >= 0.3 is 11.9 Å². The molecule has 0 aromatic carbocycles. The van der Waals surface area contributed by atoms with E-state index in [4.69, 9.17) is 19.4 Å². The van der Waals surface area contributed by atoms with Crippen molar-refractivity contribution in [1.29, 1.82) is 0 Å². The van der Waals surface area contributed by atoms with Crippen molar-refractivity contribution in [2.45, 2.75) is 265 Å². The summed E-state index contributed by atoms with van der Waals surface area (Å²) in [5.41, 5.74) is 0. The first-order chi connectivity index (χ1) is 27.8. The Morgan fingerprint density at radius 2 is 0.877 bits per heavy atom. The van der Waals surface area contributed by atoms with Crippen LogP contribution in [0.5, 0.6) is 0 Å². The Labute approximate surface area is 355 Å². The van der Waals surface area contributed by atoms with Crippen LogP contribution in [0.2, 0.25) is 0 Å². The summed E-state index contributed by atoms with van der Waals surface area (Å²) in [4.78, 5) is 35.9. The van der Waals surface area contributed by atoms with Gasteiger partial charge in [0.05, 0.1) is 6.61 Å². The van der Waals surface area contributed by atoms with Gasteiger partial charge in [-0.2, -0.15) is 0 Å². The van der Waals surface area contributed by atoms with Crippen molar-refractivity contribution >= 4 is 18.4 Å². The van der Waals surface area contributed by atoms with E-state index in [1.807, 2.05) is 0 Å². The summed E-state index contributed by atoms with van der Waals surface area (Å²) in [6.45, 7) is 13.6. The van der Waals surface area contributed by atoms with Gasteiger partial charge in [0.2, 0.25) is 0 Å². The summed E-state index contributed by atoms with van der Waals surface area (Å²) < 4.78 is 11.7. The fourth-order valence-electron chi connectivity index (χ4n) is 8.02. The molecule has 0 saturated carbocycles. The molecular weight excluding hydrogens is 711 g/mol. The fraction of sp³-hybridized carbons (Fsp3) is 0.940. The quantitative estimate of drug-likeness (QED) is 0.0372. The molecule has 0 aliphatic carbocycles. The summed E-state index contributed by atoms with van der Waals surface area (Å²) in [7, 11) is 2.11. The van der Waals surface area contributed by atoms with Crippen LogP contribution in [0.25, 0.3) is 0 Å². The van der Waals surface area contributed by atoms with Gasteiger partial charge in [0.1, 0.15) is 6.10 Å².